The Hall–Kier alpha value is -1.38. The van der Waals surface area contributed by atoms with Crippen LogP contribution in [0.15, 0.2) is 30.7 Å². The number of pyridine rings is 1. The van der Waals surface area contributed by atoms with Gasteiger partial charge < -0.3 is 0 Å². The molecule has 3 heteroatoms. The van der Waals surface area contributed by atoms with Crippen LogP contribution < -0.4 is 0 Å². The number of rotatable bonds is 4. The number of nitrogens with zero attached hydrogens (tertiary/aromatic N) is 3. The summed E-state index contributed by atoms with van der Waals surface area (Å²) in [7, 11) is 0. The van der Waals surface area contributed by atoms with Crippen LogP contribution in [0.2, 0.25) is 0 Å². The summed E-state index contributed by atoms with van der Waals surface area (Å²) in [5.74, 6) is 0.963. The molecule has 0 spiro atoms. The van der Waals surface area contributed by atoms with Crippen molar-refractivity contribution in [2.45, 2.75) is 46.5 Å². The predicted molar refractivity (Wildman–Crippen MR) is 72.0 cm³/mol. The molecule has 2 rings (SSSR count). The van der Waals surface area contributed by atoms with E-state index in [9.17, 15) is 0 Å². The Balaban J connectivity index is 0.000000172. The molecular weight excluding hydrogens is 210 g/mol. The second-order valence-electron chi connectivity index (χ2n) is 4.48. The van der Waals surface area contributed by atoms with Crippen molar-refractivity contribution in [3.8, 4) is 0 Å². The van der Waals surface area contributed by atoms with E-state index in [2.05, 4.69) is 31.0 Å². The molecule has 2 heterocycles. The summed E-state index contributed by atoms with van der Waals surface area (Å²) < 4.78 is 1.86. The maximum atomic E-state index is 3.83. The third kappa shape index (κ3) is 4.98. The van der Waals surface area contributed by atoms with Crippen LogP contribution in [0.5, 0.6) is 0 Å². The molecule has 0 atom stereocenters. The molecule has 0 aliphatic heterocycles. The first-order valence-electron chi connectivity index (χ1n) is 6.52. The van der Waals surface area contributed by atoms with Crippen LogP contribution >= 0.6 is 0 Å². The number of hydrogen-bond acceptors (Lipinski definition) is 2. The Morgan fingerprint density at radius 3 is 2.47 bits per heavy atom. The molecule has 0 unspecified atom stereocenters. The van der Waals surface area contributed by atoms with Gasteiger partial charge in [0.25, 0.3) is 0 Å². The van der Waals surface area contributed by atoms with Crippen LogP contribution in [0.1, 0.15) is 46.5 Å². The molecule has 94 valence electrons. The highest BCUT2D eigenvalue weighted by molar-refractivity contribution is 5.34. The Bertz CT molecular complexity index is 372. The Kier molecular flexibility index (Phi) is 6.30. The lowest BCUT2D eigenvalue weighted by Gasteiger charge is -2.05. The highest BCUT2D eigenvalue weighted by Gasteiger charge is 1.95. The molecule has 0 saturated carbocycles. The van der Waals surface area contributed by atoms with Crippen LogP contribution in [-0.2, 0) is 0 Å². The highest BCUT2D eigenvalue weighted by atomic mass is 15.2. The fourth-order valence-corrected chi connectivity index (χ4v) is 1.90. The monoisotopic (exact) mass is 233 g/mol. The fraction of sp³-hybridized carbons (Fsp3) is 0.571. The highest BCUT2D eigenvalue weighted by Crippen LogP contribution is 2.10. The van der Waals surface area contributed by atoms with Crippen molar-refractivity contribution in [2.75, 3.05) is 0 Å². The van der Waals surface area contributed by atoms with Gasteiger partial charge in [-0.1, -0.05) is 52.5 Å². The molecule has 2 aromatic heterocycles. The fourth-order valence-electron chi connectivity index (χ4n) is 1.90. The van der Waals surface area contributed by atoms with Crippen molar-refractivity contribution in [3.63, 3.8) is 0 Å². The standard InChI is InChI=1S/C8H18.C6H5N3/c1-4-6-8(3)7-5-2;1-2-4-9-5-7-8-6(9)3-1/h8H,4-7H2,1-3H3;1-5H. The van der Waals surface area contributed by atoms with Crippen molar-refractivity contribution >= 4 is 5.65 Å². The molecular formula is C14H23N3. The van der Waals surface area contributed by atoms with E-state index >= 15 is 0 Å². The molecule has 0 bridgehead atoms. The van der Waals surface area contributed by atoms with Crippen molar-refractivity contribution in [1.82, 2.24) is 14.6 Å². The molecule has 0 aliphatic carbocycles. The zero-order valence-corrected chi connectivity index (χ0v) is 11.1. The minimum Gasteiger partial charge on any atom is -0.289 e. The van der Waals surface area contributed by atoms with Crippen molar-refractivity contribution in [2.24, 2.45) is 5.92 Å². The lowest BCUT2D eigenvalue weighted by molar-refractivity contribution is 0.480. The van der Waals surface area contributed by atoms with E-state index in [0.717, 1.165) is 11.6 Å². The van der Waals surface area contributed by atoms with Gasteiger partial charge in [-0.15, -0.1) is 10.2 Å². The molecule has 0 N–H and O–H groups in total. The molecule has 0 fully saturated rings. The van der Waals surface area contributed by atoms with Gasteiger partial charge in [-0.3, -0.25) is 4.40 Å². The largest absolute Gasteiger partial charge is 0.289 e. The average Bonchev–Trinajstić information content (AvgIpc) is 2.78. The summed E-state index contributed by atoms with van der Waals surface area (Å²) in [6.45, 7) is 6.85. The lowest BCUT2D eigenvalue weighted by Crippen LogP contribution is -1.91. The van der Waals surface area contributed by atoms with E-state index in [4.69, 9.17) is 0 Å². The average molecular weight is 233 g/mol. The van der Waals surface area contributed by atoms with E-state index in [1.165, 1.54) is 25.7 Å². The summed E-state index contributed by atoms with van der Waals surface area (Å²) in [5, 5.41) is 7.55. The van der Waals surface area contributed by atoms with Crippen LogP contribution in [0.3, 0.4) is 0 Å². The summed E-state index contributed by atoms with van der Waals surface area (Å²) in [6.07, 6.45) is 9.11. The molecule has 0 aliphatic rings. The second kappa shape index (κ2) is 7.82. The smallest absolute Gasteiger partial charge is 0.160 e. The molecule has 0 saturated heterocycles. The predicted octanol–water partition coefficient (Wildman–Crippen LogP) is 3.95. The van der Waals surface area contributed by atoms with Crippen LogP contribution in [-0.4, -0.2) is 14.6 Å². The third-order valence-electron chi connectivity index (χ3n) is 2.77. The summed E-state index contributed by atoms with van der Waals surface area (Å²) in [6, 6.07) is 5.79. The van der Waals surface area contributed by atoms with Gasteiger partial charge in [-0.2, -0.15) is 0 Å². The topological polar surface area (TPSA) is 30.2 Å². The number of hydrogen-bond donors (Lipinski definition) is 0. The van der Waals surface area contributed by atoms with Crippen molar-refractivity contribution in [1.29, 1.82) is 0 Å². The first-order chi connectivity index (χ1) is 8.27. The summed E-state index contributed by atoms with van der Waals surface area (Å²) in [5.41, 5.74) is 0.887. The quantitative estimate of drug-likeness (QED) is 0.800. The van der Waals surface area contributed by atoms with Gasteiger partial charge >= 0.3 is 0 Å². The maximum Gasteiger partial charge on any atom is 0.160 e. The summed E-state index contributed by atoms with van der Waals surface area (Å²) >= 11 is 0. The van der Waals surface area contributed by atoms with Crippen LogP contribution in [0.25, 0.3) is 5.65 Å². The Morgan fingerprint density at radius 2 is 1.88 bits per heavy atom. The minimum atomic E-state index is 0.887. The van der Waals surface area contributed by atoms with Gasteiger partial charge in [0.2, 0.25) is 0 Å². The van der Waals surface area contributed by atoms with Gasteiger partial charge in [-0.05, 0) is 18.1 Å². The zero-order chi connectivity index (χ0) is 12.5. The Morgan fingerprint density at radius 1 is 1.18 bits per heavy atom. The molecule has 0 radical (unpaired) electrons. The van der Waals surface area contributed by atoms with Gasteiger partial charge in [0.05, 0.1) is 0 Å². The van der Waals surface area contributed by atoms with Crippen LogP contribution in [0.4, 0.5) is 0 Å². The van der Waals surface area contributed by atoms with E-state index < -0.39 is 0 Å². The molecule has 17 heavy (non-hydrogen) atoms. The first kappa shape index (κ1) is 13.7. The third-order valence-corrected chi connectivity index (χ3v) is 2.77. The van der Waals surface area contributed by atoms with Gasteiger partial charge in [0.1, 0.15) is 6.33 Å². The van der Waals surface area contributed by atoms with Crippen LogP contribution in [0, 0.1) is 5.92 Å². The number of aromatic nitrogens is 3. The molecule has 0 amide bonds. The summed E-state index contributed by atoms with van der Waals surface area (Å²) in [4.78, 5) is 0. The van der Waals surface area contributed by atoms with E-state index in [0.29, 0.717) is 0 Å². The van der Waals surface area contributed by atoms with Gasteiger partial charge in [0.15, 0.2) is 5.65 Å². The normalized spacial score (nSPS) is 10.4. The second-order valence-corrected chi connectivity index (χ2v) is 4.48. The zero-order valence-electron chi connectivity index (χ0n) is 11.1. The van der Waals surface area contributed by atoms with Gasteiger partial charge in [-0.25, -0.2) is 0 Å². The van der Waals surface area contributed by atoms with E-state index in [1.54, 1.807) is 6.33 Å². The minimum absolute atomic E-state index is 0.887. The SMILES string of the molecule is CCCC(C)CCC.c1ccn2cnnc2c1. The van der Waals surface area contributed by atoms with E-state index in [1.807, 2.05) is 28.8 Å². The maximum absolute atomic E-state index is 3.83. The van der Waals surface area contributed by atoms with Gasteiger partial charge in [0, 0.05) is 6.20 Å². The van der Waals surface area contributed by atoms with Crippen molar-refractivity contribution in [3.05, 3.63) is 30.7 Å². The molecule has 3 nitrogen and oxygen atoms in total. The first-order valence-corrected chi connectivity index (χ1v) is 6.52. The number of fused-ring (bicyclic) bond motifs is 1. The van der Waals surface area contributed by atoms with Crippen molar-refractivity contribution < 1.29 is 0 Å². The van der Waals surface area contributed by atoms with E-state index in [-0.39, 0.29) is 0 Å². The Labute approximate surface area is 104 Å². The lowest BCUT2D eigenvalue weighted by atomic mass is 10.0. The molecule has 2 aromatic rings. The molecule has 0 aromatic carbocycles.